The van der Waals surface area contributed by atoms with Gasteiger partial charge in [-0.3, -0.25) is 4.98 Å². The molecule has 1 aliphatic rings. The normalized spacial score (nSPS) is 16.2. The van der Waals surface area contributed by atoms with Crippen LogP contribution in [0.2, 0.25) is 0 Å². The van der Waals surface area contributed by atoms with Gasteiger partial charge in [0.25, 0.3) is 0 Å². The maximum Gasteiger partial charge on any atom is 0.214 e. The second-order valence-electron chi connectivity index (χ2n) is 6.56. The van der Waals surface area contributed by atoms with Gasteiger partial charge in [-0.25, -0.2) is 8.42 Å². The van der Waals surface area contributed by atoms with Gasteiger partial charge >= 0.3 is 0 Å². The Kier molecular flexibility index (Phi) is 5.39. The average Bonchev–Trinajstić information content (AvgIpc) is 2.63. The molecule has 1 saturated heterocycles. The third-order valence-electron chi connectivity index (χ3n) is 4.68. The summed E-state index contributed by atoms with van der Waals surface area (Å²) in [6.07, 6.45) is 2.16. The van der Waals surface area contributed by atoms with Gasteiger partial charge in [0.15, 0.2) is 0 Å². The first-order valence-corrected chi connectivity index (χ1v) is 10.3. The monoisotopic (exact) mass is 359 g/mol. The Labute approximate surface area is 150 Å². The summed E-state index contributed by atoms with van der Waals surface area (Å²) in [5, 5.41) is 0. The number of rotatable bonds is 5. The lowest BCUT2D eigenvalue weighted by molar-refractivity contribution is 0.384. The number of aromatic nitrogens is 1. The minimum atomic E-state index is -3.24. The Hall–Kier alpha value is -1.92. The van der Waals surface area contributed by atoms with Crippen molar-refractivity contribution in [3.05, 3.63) is 59.4 Å². The van der Waals surface area contributed by atoms with Crippen molar-refractivity contribution in [2.75, 3.05) is 36.8 Å². The smallest absolute Gasteiger partial charge is 0.214 e. The number of pyridine rings is 1. The van der Waals surface area contributed by atoms with Crippen LogP contribution in [-0.4, -0.2) is 49.6 Å². The van der Waals surface area contributed by atoms with Gasteiger partial charge in [-0.1, -0.05) is 18.2 Å². The third kappa shape index (κ3) is 4.38. The molecule has 25 heavy (non-hydrogen) atoms. The number of hydrogen-bond acceptors (Lipinski definition) is 4. The molecule has 2 heterocycles. The Bertz CT molecular complexity index is 814. The Morgan fingerprint density at radius 1 is 1.04 bits per heavy atom. The number of anilines is 1. The highest BCUT2D eigenvalue weighted by molar-refractivity contribution is 7.89. The molecular weight excluding hydrogens is 334 g/mol. The zero-order valence-electron chi connectivity index (χ0n) is 14.9. The quantitative estimate of drug-likeness (QED) is 0.823. The van der Waals surface area contributed by atoms with Crippen LogP contribution in [0.3, 0.4) is 0 Å². The van der Waals surface area contributed by atoms with Crippen molar-refractivity contribution in [2.45, 2.75) is 20.3 Å². The summed E-state index contributed by atoms with van der Waals surface area (Å²) in [5.41, 5.74) is 4.49. The molecule has 6 heteroatoms. The predicted molar refractivity (Wildman–Crippen MR) is 101 cm³/mol. The van der Waals surface area contributed by atoms with Gasteiger partial charge < -0.3 is 4.90 Å². The van der Waals surface area contributed by atoms with Crippen molar-refractivity contribution in [3.63, 3.8) is 0 Å². The van der Waals surface area contributed by atoms with Gasteiger partial charge in [0.1, 0.15) is 0 Å². The van der Waals surface area contributed by atoms with E-state index in [-0.39, 0.29) is 5.75 Å². The number of sulfonamides is 1. The Morgan fingerprint density at radius 3 is 2.48 bits per heavy atom. The molecule has 5 nitrogen and oxygen atoms in total. The van der Waals surface area contributed by atoms with E-state index >= 15 is 0 Å². The molecule has 2 aromatic rings. The van der Waals surface area contributed by atoms with E-state index in [0.29, 0.717) is 19.5 Å². The molecule has 0 unspecified atom stereocenters. The summed E-state index contributed by atoms with van der Waals surface area (Å²) in [6.45, 7) is 6.72. The van der Waals surface area contributed by atoms with Gasteiger partial charge in [0.2, 0.25) is 10.0 Å². The van der Waals surface area contributed by atoms with Crippen LogP contribution in [0.1, 0.15) is 16.8 Å². The molecule has 0 N–H and O–H groups in total. The van der Waals surface area contributed by atoms with Crippen molar-refractivity contribution >= 4 is 15.7 Å². The number of hydrogen-bond donors (Lipinski definition) is 0. The second kappa shape index (κ2) is 7.54. The van der Waals surface area contributed by atoms with Crippen LogP contribution in [0.4, 0.5) is 5.69 Å². The van der Waals surface area contributed by atoms with E-state index in [2.05, 4.69) is 41.9 Å². The predicted octanol–water partition coefficient (Wildman–Crippen LogP) is 2.39. The van der Waals surface area contributed by atoms with Crippen LogP contribution in [-0.2, 0) is 16.4 Å². The Morgan fingerprint density at radius 2 is 1.80 bits per heavy atom. The first-order chi connectivity index (χ1) is 12.0. The van der Waals surface area contributed by atoms with Crippen molar-refractivity contribution < 1.29 is 8.42 Å². The topological polar surface area (TPSA) is 53.5 Å². The maximum absolute atomic E-state index is 12.6. The maximum atomic E-state index is 12.6. The molecule has 1 aliphatic heterocycles. The molecule has 1 aromatic carbocycles. The van der Waals surface area contributed by atoms with Crippen LogP contribution in [0.5, 0.6) is 0 Å². The summed E-state index contributed by atoms with van der Waals surface area (Å²) < 4.78 is 26.8. The van der Waals surface area contributed by atoms with Gasteiger partial charge in [-0.05, 0) is 43.2 Å². The molecule has 1 fully saturated rings. The standard InChI is InChI=1S/C19H25N3O2S/c1-16-6-7-17(2)19(15-16)21-10-12-22(13-11-21)25(23,24)14-8-18-5-3-4-9-20-18/h3-7,9,15H,8,10-14H2,1-2H3. The molecule has 0 saturated carbocycles. The van der Waals surface area contributed by atoms with Gasteiger partial charge in [0.05, 0.1) is 5.75 Å². The van der Waals surface area contributed by atoms with Gasteiger partial charge in [0, 0.05) is 50.2 Å². The molecule has 3 rings (SSSR count). The fourth-order valence-corrected chi connectivity index (χ4v) is 4.62. The lowest BCUT2D eigenvalue weighted by Crippen LogP contribution is -2.49. The fourth-order valence-electron chi connectivity index (χ4n) is 3.18. The number of aryl methyl sites for hydroxylation is 3. The van der Waals surface area contributed by atoms with Crippen LogP contribution >= 0.6 is 0 Å². The van der Waals surface area contributed by atoms with E-state index in [4.69, 9.17) is 0 Å². The molecule has 0 radical (unpaired) electrons. The van der Waals surface area contributed by atoms with E-state index in [9.17, 15) is 8.42 Å². The van der Waals surface area contributed by atoms with Crippen LogP contribution < -0.4 is 4.90 Å². The first kappa shape index (κ1) is 17.9. The average molecular weight is 359 g/mol. The number of piperazine rings is 1. The minimum Gasteiger partial charge on any atom is -0.369 e. The third-order valence-corrected chi connectivity index (χ3v) is 6.55. The van der Waals surface area contributed by atoms with Gasteiger partial charge in [-0.2, -0.15) is 4.31 Å². The molecule has 0 amide bonds. The molecule has 134 valence electrons. The lowest BCUT2D eigenvalue weighted by atomic mass is 10.1. The zero-order chi connectivity index (χ0) is 17.9. The minimum absolute atomic E-state index is 0.119. The van der Waals surface area contributed by atoms with Crippen molar-refractivity contribution in [1.82, 2.24) is 9.29 Å². The fraction of sp³-hybridized carbons (Fsp3) is 0.421. The van der Waals surface area contributed by atoms with E-state index < -0.39 is 10.0 Å². The van der Waals surface area contributed by atoms with Crippen LogP contribution in [0.25, 0.3) is 0 Å². The van der Waals surface area contributed by atoms with Crippen LogP contribution in [0.15, 0.2) is 42.6 Å². The first-order valence-electron chi connectivity index (χ1n) is 8.66. The summed E-state index contributed by atoms with van der Waals surface area (Å²) in [4.78, 5) is 6.49. The molecule has 0 aliphatic carbocycles. The highest BCUT2D eigenvalue weighted by Gasteiger charge is 2.27. The molecule has 1 aromatic heterocycles. The van der Waals surface area contributed by atoms with Crippen LogP contribution in [0, 0.1) is 13.8 Å². The van der Waals surface area contributed by atoms with Crippen molar-refractivity contribution in [2.24, 2.45) is 0 Å². The van der Waals surface area contributed by atoms with E-state index in [1.54, 1.807) is 10.5 Å². The van der Waals surface area contributed by atoms with E-state index in [1.165, 1.54) is 16.8 Å². The van der Waals surface area contributed by atoms with Crippen molar-refractivity contribution in [3.8, 4) is 0 Å². The highest BCUT2D eigenvalue weighted by Crippen LogP contribution is 2.23. The summed E-state index contributed by atoms with van der Waals surface area (Å²) >= 11 is 0. The highest BCUT2D eigenvalue weighted by atomic mass is 32.2. The van der Waals surface area contributed by atoms with E-state index in [0.717, 1.165) is 18.8 Å². The number of benzene rings is 1. The Balaban J connectivity index is 1.60. The lowest BCUT2D eigenvalue weighted by Gasteiger charge is -2.36. The largest absolute Gasteiger partial charge is 0.369 e. The molecule has 0 spiro atoms. The molecular formula is C19H25N3O2S. The van der Waals surface area contributed by atoms with Gasteiger partial charge in [-0.15, -0.1) is 0 Å². The second-order valence-corrected chi connectivity index (χ2v) is 8.65. The summed E-state index contributed by atoms with van der Waals surface area (Å²) in [5.74, 6) is 0.119. The zero-order valence-corrected chi connectivity index (χ0v) is 15.7. The molecule has 0 bridgehead atoms. The van der Waals surface area contributed by atoms with E-state index in [1.807, 2.05) is 18.2 Å². The summed E-state index contributed by atoms with van der Waals surface area (Å²) in [7, 11) is -3.24. The number of nitrogens with zero attached hydrogens (tertiary/aromatic N) is 3. The summed E-state index contributed by atoms with van der Waals surface area (Å²) in [6, 6.07) is 12.0. The molecule has 0 atom stereocenters. The SMILES string of the molecule is Cc1ccc(C)c(N2CCN(S(=O)(=O)CCc3ccccn3)CC2)c1. The van der Waals surface area contributed by atoms with Crippen molar-refractivity contribution in [1.29, 1.82) is 0 Å².